The van der Waals surface area contributed by atoms with Crippen LogP contribution in [-0.2, 0) is 0 Å². The van der Waals surface area contributed by atoms with Gasteiger partial charge in [0.15, 0.2) is 0 Å². The molecule has 1 aliphatic carbocycles. The number of para-hydroxylation sites is 3. The lowest BCUT2D eigenvalue weighted by atomic mass is 9.89. The summed E-state index contributed by atoms with van der Waals surface area (Å²) in [5, 5.41) is 0. The molecule has 7 aromatic carbocycles. The standard InChI is InChI=1S/C51H38N4/c1-35-20-27-43(28-21-35)55-48-19-11-8-16-44(48)45-34-39(26-33-49(45)55)36-22-29-41(30-23-36)54(40-14-6-3-7-15-40)42-31-24-38(25-32-42)51-50(37-12-4-2-5-13-37)52-46-17-9-10-18-47(46)53-51/h2-34,44,48H,1H3. The molecule has 2 unspecified atom stereocenters. The highest BCUT2D eigenvalue weighted by Crippen LogP contribution is 2.49. The molecular formula is C51H38N4. The van der Waals surface area contributed by atoms with Gasteiger partial charge in [-0.05, 0) is 96.4 Å². The molecule has 0 spiro atoms. The van der Waals surface area contributed by atoms with E-state index in [0.29, 0.717) is 5.92 Å². The van der Waals surface area contributed by atoms with Crippen LogP contribution in [0.15, 0.2) is 200 Å². The molecule has 0 amide bonds. The molecule has 8 aromatic rings. The maximum absolute atomic E-state index is 5.13. The van der Waals surface area contributed by atoms with Crippen LogP contribution in [0.4, 0.5) is 28.4 Å². The summed E-state index contributed by atoms with van der Waals surface area (Å²) in [6.07, 6.45) is 9.05. The molecule has 2 aliphatic rings. The first-order chi connectivity index (χ1) is 27.2. The summed E-state index contributed by atoms with van der Waals surface area (Å²) in [5.74, 6) is 0.307. The second kappa shape index (κ2) is 13.7. The van der Waals surface area contributed by atoms with Gasteiger partial charge in [-0.1, -0.05) is 133 Å². The van der Waals surface area contributed by atoms with E-state index in [1.54, 1.807) is 0 Å². The Kier molecular flexibility index (Phi) is 8.15. The minimum Gasteiger partial charge on any atom is -0.333 e. The van der Waals surface area contributed by atoms with E-state index in [9.17, 15) is 0 Å². The van der Waals surface area contributed by atoms with Gasteiger partial charge >= 0.3 is 0 Å². The summed E-state index contributed by atoms with van der Waals surface area (Å²) in [4.78, 5) is 15.0. The molecule has 0 fully saturated rings. The van der Waals surface area contributed by atoms with Crippen molar-refractivity contribution in [1.82, 2.24) is 9.97 Å². The van der Waals surface area contributed by atoms with E-state index in [-0.39, 0.29) is 6.04 Å². The van der Waals surface area contributed by atoms with Gasteiger partial charge in [-0.3, -0.25) is 0 Å². The lowest BCUT2D eigenvalue weighted by Crippen LogP contribution is -2.28. The van der Waals surface area contributed by atoms with Crippen LogP contribution in [0.5, 0.6) is 0 Å². The Balaban J connectivity index is 0.994. The van der Waals surface area contributed by atoms with Gasteiger partial charge in [-0.2, -0.15) is 0 Å². The second-order valence-corrected chi connectivity index (χ2v) is 14.3. The van der Waals surface area contributed by atoms with Crippen molar-refractivity contribution < 1.29 is 0 Å². The van der Waals surface area contributed by atoms with Crippen molar-refractivity contribution in [2.45, 2.75) is 18.9 Å². The fraction of sp³-hybridized carbons (Fsp3) is 0.0588. The number of rotatable bonds is 7. The Morgan fingerprint density at radius 2 is 1.00 bits per heavy atom. The predicted octanol–water partition coefficient (Wildman–Crippen LogP) is 13.1. The van der Waals surface area contributed by atoms with E-state index in [1.807, 2.05) is 42.5 Å². The van der Waals surface area contributed by atoms with Crippen LogP contribution in [0.25, 0.3) is 44.7 Å². The van der Waals surface area contributed by atoms with Crippen molar-refractivity contribution >= 4 is 39.5 Å². The van der Waals surface area contributed by atoms with Gasteiger partial charge in [-0.25, -0.2) is 9.97 Å². The number of hydrogen-bond donors (Lipinski definition) is 0. The van der Waals surface area contributed by atoms with Crippen molar-refractivity contribution in [2.75, 3.05) is 9.80 Å². The first-order valence-corrected chi connectivity index (χ1v) is 18.9. The number of hydrogen-bond acceptors (Lipinski definition) is 4. The SMILES string of the molecule is Cc1ccc(N2c3ccc(-c4ccc(N(c5ccccc5)c5ccc(-c6nc7ccccc7nc6-c6ccccc6)cc5)cc4)cc3C3C=CC=CC32)cc1. The van der Waals surface area contributed by atoms with E-state index in [2.05, 4.69) is 174 Å². The van der Waals surface area contributed by atoms with E-state index < -0.39 is 0 Å². The molecular weight excluding hydrogens is 669 g/mol. The maximum Gasteiger partial charge on any atom is 0.0973 e. The summed E-state index contributed by atoms with van der Waals surface area (Å²) in [5.41, 5.74) is 16.4. The third-order valence-corrected chi connectivity index (χ3v) is 10.9. The average Bonchev–Trinajstić information content (AvgIpc) is 3.58. The first kappa shape index (κ1) is 32.6. The molecule has 1 aromatic heterocycles. The molecule has 0 bridgehead atoms. The third-order valence-electron chi connectivity index (χ3n) is 10.9. The second-order valence-electron chi connectivity index (χ2n) is 14.3. The summed E-state index contributed by atoms with van der Waals surface area (Å²) < 4.78 is 0. The normalized spacial score (nSPS) is 15.5. The number of nitrogens with zero attached hydrogens (tertiary/aromatic N) is 4. The summed E-state index contributed by atoms with van der Waals surface area (Å²) >= 11 is 0. The molecule has 0 saturated carbocycles. The van der Waals surface area contributed by atoms with E-state index in [0.717, 1.165) is 50.6 Å². The fourth-order valence-corrected chi connectivity index (χ4v) is 8.12. The molecule has 4 heteroatoms. The zero-order valence-electron chi connectivity index (χ0n) is 30.5. The fourth-order valence-electron chi connectivity index (χ4n) is 8.12. The number of aromatic nitrogens is 2. The van der Waals surface area contributed by atoms with Crippen LogP contribution < -0.4 is 9.80 Å². The highest BCUT2D eigenvalue weighted by atomic mass is 15.2. The van der Waals surface area contributed by atoms with Crippen LogP contribution in [0.3, 0.4) is 0 Å². The summed E-state index contributed by atoms with van der Waals surface area (Å²) in [6.45, 7) is 2.14. The summed E-state index contributed by atoms with van der Waals surface area (Å²) in [6, 6.07) is 62.8. The first-order valence-electron chi connectivity index (χ1n) is 18.9. The van der Waals surface area contributed by atoms with Crippen LogP contribution >= 0.6 is 0 Å². The zero-order valence-corrected chi connectivity index (χ0v) is 30.5. The van der Waals surface area contributed by atoms with Gasteiger partial charge in [0.1, 0.15) is 0 Å². The van der Waals surface area contributed by atoms with Gasteiger partial charge in [0, 0.05) is 45.5 Å². The molecule has 0 radical (unpaired) electrons. The highest BCUT2D eigenvalue weighted by molar-refractivity contribution is 5.88. The van der Waals surface area contributed by atoms with Gasteiger partial charge in [-0.15, -0.1) is 0 Å². The van der Waals surface area contributed by atoms with Crippen LogP contribution in [0.1, 0.15) is 17.0 Å². The highest BCUT2D eigenvalue weighted by Gasteiger charge is 2.37. The number of benzene rings is 7. The van der Waals surface area contributed by atoms with E-state index in [1.165, 1.54) is 33.6 Å². The number of fused-ring (bicyclic) bond motifs is 4. The van der Waals surface area contributed by atoms with Crippen molar-refractivity contribution in [3.05, 3.63) is 211 Å². The Bertz CT molecular complexity index is 2700. The van der Waals surface area contributed by atoms with E-state index >= 15 is 0 Å². The Morgan fingerprint density at radius 1 is 0.473 bits per heavy atom. The van der Waals surface area contributed by atoms with Gasteiger partial charge in [0.25, 0.3) is 0 Å². The molecule has 55 heavy (non-hydrogen) atoms. The Morgan fingerprint density at radius 3 is 1.65 bits per heavy atom. The summed E-state index contributed by atoms with van der Waals surface area (Å²) in [7, 11) is 0. The molecule has 0 saturated heterocycles. The van der Waals surface area contributed by atoms with Crippen LogP contribution in [-0.4, -0.2) is 16.0 Å². The maximum atomic E-state index is 5.13. The van der Waals surface area contributed by atoms with Gasteiger partial charge in [0.05, 0.1) is 28.5 Å². The van der Waals surface area contributed by atoms with Gasteiger partial charge in [0.2, 0.25) is 0 Å². The molecule has 0 N–H and O–H groups in total. The topological polar surface area (TPSA) is 32.3 Å². The molecule has 262 valence electrons. The molecule has 4 nitrogen and oxygen atoms in total. The predicted molar refractivity (Wildman–Crippen MR) is 229 cm³/mol. The largest absolute Gasteiger partial charge is 0.333 e. The molecule has 2 atom stereocenters. The lowest BCUT2D eigenvalue weighted by molar-refractivity contribution is 0.745. The minimum atomic E-state index is 0.268. The van der Waals surface area contributed by atoms with Crippen molar-refractivity contribution in [2.24, 2.45) is 0 Å². The van der Waals surface area contributed by atoms with Crippen LogP contribution in [0.2, 0.25) is 0 Å². The number of anilines is 5. The lowest BCUT2D eigenvalue weighted by Gasteiger charge is -2.28. The Labute approximate surface area is 322 Å². The van der Waals surface area contributed by atoms with Crippen molar-refractivity contribution in [1.29, 1.82) is 0 Å². The monoisotopic (exact) mass is 706 g/mol. The van der Waals surface area contributed by atoms with Crippen molar-refractivity contribution in [3.63, 3.8) is 0 Å². The minimum absolute atomic E-state index is 0.268. The van der Waals surface area contributed by atoms with Crippen LogP contribution in [0, 0.1) is 6.92 Å². The number of allylic oxidation sites excluding steroid dienone is 2. The zero-order chi connectivity index (χ0) is 36.7. The van der Waals surface area contributed by atoms with E-state index in [4.69, 9.17) is 9.97 Å². The number of aryl methyl sites for hydroxylation is 1. The smallest absolute Gasteiger partial charge is 0.0973 e. The Hall–Kier alpha value is -7.04. The molecule has 1 aliphatic heterocycles. The van der Waals surface area contributed by atoms with Crippen molar-refractivity contribution in [3.8, 4) is 33.6 Å². The molecule has 10 rings (SSSR count). The third kappa shape index (κ3) is 5.98. The molecule has 2 heterocycles. The van der Waals surface area contributed by atoms with Gasteiger partial charge < -0.3 is 9.80 Å². The quantitative estimate of drug-likeness (QED) is 0.165. The average molecular weight is 707 g/mol.